The Morgan fingerprint density at radius 3 is 2.19 bits per heavy atom. The molecule has 18 heteroatoms. The van der Waals surface area contributed by atoms with Crippen LogP contribution in [0.2, 0.25) is 0 Å². The molecule has 4 aromatic rings. The van der Waals surface area contributed by atoms with E-state index in [9.17, 15) is 40.8 Å². The lowest BCUT2D eigenvalue weighted by Crippen LogP contribution is -2.48. The SMILES string of the molecule is CN(C)[C@H]1CC[C@H](NS(=O)(=O)c2ccc(-c3ccc(C[C@H](NC(=O)C4CCC(CNC(=O)O)CC4)C(=O)Nc4ccc5[nH]c(=O)[nH]c5c4)cc3)c(C(F)(F)F)c2)CC1. The molecule has 312 valence electrons. The first-order chi connectivity index (χ1) is 27.4. The van der Waals surface area contributed by atoms with E-state index >= 15 is 0 Å². The van der Waals surface area contributed by atoms with Gasteiger partial charge in [0, 0.05) is 36.7 Å². The molecule has 3 aromatic carbocycles. The smallest absolute Gasteiger partial charge is 0.417 e. The molecule has 3 amide bonds. The minimum absolute atomic E-state index is 0.0234. The number of sulfonamides is 1. The highest BCUT2D eigenvalue weighted by atomic mass is 32.2. The van der Waals surface area contributed by atoms with Crippen molar-refractivity contribution < 1.29 is 41.1 Å². The summed E-state index contributed by atoms with van der Waals surface area (Å²) in [7, 11) is -0.329. The van der Waals surface area contributed by atoms with Crippen LogP contribution in [0.5, 0.6) is 0 Å². The van der Waals surface area contributed by atoms with E-state index in [4.69, 9.17) is 5.11 Å². The third-order valence-electron chi connectivity index (χ3n) is 11.2. The summed E-state index contributed by atoms with van der Waals surface area (Å²) in [6.07, 6.45) is -1.11. The monoisotopic (exact) mass is 827 g/mol. The Morgan fingerprint density at radius 2 is 1.55 bits per heavy atom. The maximum absolute atomic E-state index is 14.5. The molecule has 0 bridgehead atoms. The van der Waals surface area contributed by atoms with Crippen LogP contribution in [0.4, 0.5) is 23.7 Å². The van der Waals surface area contributed by atoms with E-state index in [1.807, 2.05) is 14.1 Å². The highest BCUT2D eigenvalue weighted by molar-refractivity contribution is 7.89. The van der Waals surface area contributed by atoms with Crippen molar-refractivity contribution in [1.82, 2.24) is 30.2 Å². The number of imidazole rings is 1. The number of hydrogen-bond acceptors (Lipinski definition) is 7. The summed E-state index contributed by atoms with van der Waals surface area (Å²) in [5, 5.41) is 16.9. The van der Waals surface area contributed by atoms with Gasteiger partial charge in [0.2, 0.25) is 21.8 Å². The fraction of sp³-hybridized carbons (Fsp3) is 0.450. The van der Waals surface area contributed by atoms with Gasteiger partial charge in [-0.25, -0.2) is 22.7 Å². The zero-order chi connectivity index (χ0) is 41.8. The van der Waals surface area contributed by atoms with E-state index in [1.165, 1.54) is 18.2 Å². The number of nitrogens with zero attached hydrogens (tertiary/aromatic N) is 1. The zero-order valence-electron chi connectivity index (χ0n) is 32.1. The molecule has 0 aliphatic heterocycles. The molecule has 2 fully saturated rings. The van der Waals surface area contributed by atoms with Crippen molar-refractivity contribution >= 4 is 44.7 Å². The summed E-state index contributed by atoms with van der Waals surface area (Å²) < 4.78 is 72.6. The highest BCUT2D eigenvalue weighted by Crippen LogP contribution is 2.39. The fourth-order valence-corrected chi connectivity index (χ4v) is 9.26. The number of hydrogen-bond donors (Lipinski definition) is 7. The van der Waals surface area contributed by atoms with E-state index in [1.54, 1.807) is 30.3 Å². The third-order valence-corrected chi connectivity index (χ3v) is 12.8. The molecule has 6 rings (SSSR count). The largest absolute Gasteiger partial charge is 0.465 e. The number of rotatable bonds is 13. The van der Waals surface area contributed by atoms with E-state index in [2.05, 4.69) is 35.5 Å². The number of fused-ring (bicyclic) bond motifs is 1. The number of carboxylic acid groups (broad SMARTS) is 1. The second-order valence-corrected chi connectivity index (χ2v) is 17.2. The van der Waals surface area contributed by atoms with Gasteiger partial charge >= 0.3 is 18.0 Å². The Morgan fingerprint density at radius 1 is 0.879 bits per heavy atom. The molecular formula is C40H48F3N7O7S. The average Bonchev–Trinajstić information content (AvgIpc) is 3.56. The van der Waals surface area contributed by atoms with Crippen molar-refractivity contribution in [2.45, 2.75) is 87.0 Å². The molecule has 58 heavy (non-hydrogen) atoms. The van der Waals surface area contributed by atoms with Gasteiger partial charge < -0.3 is 35.9 Å². The Kier molecular flexibility index (Phi) is 13.0. The van der Waals surface area contributed by atoms with Gasteiger partial charge in [-0.2, -0.15) is 13.2 Å². The number of alkyl halides is 3. The van der Waals surface area contributed by atoms with Crippen LogP contribution in [0.3, 0.4) is 0 Å². The molecule has 7 N–H and O–H groups in total. The predicted octanol–water partition coefficient (Wildman–Crippen LogP) is 5.43. The summed E-state index contributed by atoms with van der Waals surface area (Å²) in [5.74, 6) is -1.25. The second-order valence-electron chi connectivity index (χ2n) is 15.5. The molecule has 0 saturated heterocycles. The van der Waals surface area contributed by atoms with Crippen LogP contribution in [0.25, 0.3) is 22.2 Å². The summed E-state index contributed by atoms with van der Waals surface area (Å²) in [5.41, 5.74) is 0.275. The standard InChI is InChI=1S/C40H48F3N7O7S/c1-50(2)29-14-11-27(12-15-29)49-58(56,57)30-16-17-31(32(21-30)40(41,42)43)25-7-3-23(4-8-25)19-35(37(52)45-28-13-18-33-34(20-28)48-38(53)47-33)46-36(51)26-9-5-24(6-10-26)22-44-39(54)55/h3-4,7-8,13,16-18,20-21,24,26-27,29,35,44,49H,5-6,9-12,14-15,19,22H2,1-2H3,(H,45,52)(H,46,51)(H,54,55)(H2,47,48,53)/t24?,26?,27-,29-,35-/m0/s1. The first kappa shape index (κ1) is 42.4. The van der Waals surface area contributed by atoms with Crippen LogP contribution in [0.1, 0.15) is 62.5 Å². The van der Waals surface area contributed by atoms with Crippen molar-refractivity contribution in [2.24, 2.45) is 11.8 Å². The lowest BCUT2D eigenvalue weighted by Gasteiger charge is -2.32. The molecule has 0 spiro atoms. The summed E-state index contributed by atoms with van der Waals surface area (Å²) in [6, 6.07) is 12.6. The number of halogens is 3. The summed E-state index contributed by atoms with van der Waals surface area (Å²) in [4.78, 5) is 56.8. The maximum atomic E-state index is 14.5. The summed E-state index contributed by atoms with van der Waals surface area (Å²) >= 11 is 0. The molecule has 2 aliphatic rings. The van der Waals surface area contributed by atoms with Crippen molar-refractivity contribution in [1.29, 1.82) is 0 Å². The van der Waals surface area contributed by atoms with Gasteiger partial charge in [-0.1, -0.05) is 30.3 Å². The number of H-pyrrole nitrogens is 2. The number of aromatic amines is 2. The normalized spacial score (nSPS) is 20.7. The predicted molar refractivity (Wildman–Crippen MR) is 212 cm³/mol. The molecule has 0 unspecified atom stereocenters. The van der Waals surface area contributed by atoms with Crippen LogP contribution >= 0.6 is 0 Å². The molecule has 1 atom stereocenters. The van der Waals surface area contributed by atoms with Gasteiger partial charge in [-0.05, 0) is 118 Å². The number of carbonyl (C=O) groups excluding carboxylic acids is 2. The number of anilines is 1. The fourth-order valence-electron chi connectivity index (χ4n) is 7.93. The Labute approximate surface area is 333 Å². The van der Waals surface area contributed by atoms with E-state index in [0.29, 0.717) is 72.9 Å². The Hall–Kier alpha value is -5.20. The van der Waals surface area contributed by atoms with E-state index in [-0.39, 0.29) is 42.0 Å². The maximum Gasteiger partial charge on any atom is 0.417 e. The van der Waals surface area contributed by atoms with Crippen LogP contribution in [-0.4, -0.2) is 85.1 Å². The molecule has 0 radical (unpaired) electrons. The van der Waals surface area contributed by atoms with Gasteiger partial charge in [-0.3, -0.25) is 9.59 Å². The van der Waals surface area contributed by atoms with E-state index < -0.39 is 56.3 Å². The lowest BCUT2D eigenvalue weighted by atomic mass is 9.81. The van der Waals surface area contributed by atoms with Gasteiger partial charge in [0.25, 0.3) is 0 Å². The number of benzene rings is 3. The van der Waals surface area contributed by atoms with Crippen molar-refractivity contribution in [3.05, 3.63) is 82.3 Å². The van der Waals surface area contributed by atoms with Crippen molar-refractivity contribution in [3.8, 4) is 11.1 Å². The van der Waals surface area contributed by atoms with Crippen LogP contribution in [0, 0.1) is 11.8 Å². The first-order valence-corrected chi connectivity index (χ1v) is 20.7. The van der Waals surface area contributed by atoms with Crippen molar-refractivity contribution in [3.63, 3.8) is 0 Å². The van der Waals surface area contributed by atoms with Gasteiger partial charge in [-0.15, -0.1) is 0 Å². The molecule has 2 saturated carbocycles. The summed E-state index contributed by atoms with van der Waals surface area (Å²) in [6.45, 7) is 0.282. The Bertz CT molecular complexity index is 2280. The molecule has 2 aliphatic carbocycles. The van der Waals surface area contributed by atoms with Crippen LogP contribution < -0.4 is 26.4 Å². The van der Waals surface area contributed by atoms with Gasteiger partial charge in [0.1, 0.15) is 6.04 Å². The van der Waals surface area contributed by atoms with Gasteiger partial charge in [0.15, 0.2) is 0 Å². The quantitative estimate of drug-likeness (QED) is 0.0923. The number of carbonyl (C=O) groups is 3. The minimum atomic E-state index is -4.88. The molecule has 1 aromatic heterocycles. The highest BCUT2D eigenvalue weighted by Gasteiger charge is 2.36. The average molecular weight is 828 g/mol. The number of aromatic nitrogens is 2. The number of amides is 3. The van der Waals surface area contributed by atoms with Crippen LogP contribution in [0.15, 0.2) is 70.4 Å². The molecule has 14 nitrogen and oxygen atoms in total. The lowest BCUT2D eigenvalue weighted by molar-refractivity contribution is -0.137. The topological polar surface area (TPSA) is 206 Å². The van der Waals surface area contributed by atoms with Crippen LogP contribution in [-0.2, 0) is 32.2 Å². The second kappa shape index (κ2) is 17.7. The molecular weight excluding hydrogens is 780 g/mol. The third kappa shape index (κ3) is 10.6. The Balaban J connectivity index is 1.19. The van der Waals surface area contributed by atoms with Gasteiger partial charge in [0.05, 0.1) is 21.5 Å². The van der Waals surface area contributed by atoms with E-state index in [0.717, 1.165) is 18.9 Å². The number of nitrogens with one attached hydrogen (secondary N) is 6. The minimum Gasteiger partial charge on any atom is -0.465 e. The zero-order valence-corrected chi connectivity index (χ0v) is 32.9. The first-order valence-electron chi connectivity index (χ1n) is 19.2. The van der Waals surface area contributed by atoms with Crippen molar-refractivity contribution in [2.75, 3.05) is 26.0 Å². The molecule has 1 heterocycles.